The van der Waals surface area contributed by atoms with Crippen LogP contribution in [0.5, 0.6) is 5.88 Å². The predicted molar refractivity (Wildman–Crippen MR) is 68.9 cm³/mol. The van der Waals surface area contributed by atoms with Crippen molar-refractivity contribution in [3.63, 3.8) is 0 Å². The van der Waals surface area contributed by atoms with Gasteiger partial charge in [-0.25, -0.2) is 0 Å². The Hall–Kier alpha value is -2.11. The second kappa shape index (κ2) is 3.94. The molecule has 0 aliphatic heterocycles. The molecule has 0 spiro atoms. The molecule has 6 nitrogen and oxygen atoms in total. The third-order valence-electron chi connectivity index (χ3n) is 3.92. The van der Waals surface area contributed by atoms with Crippen molar-refractivity contribution < 1.29 is 5.11 Å². The van der Waals surface area contributed by atoms with Crippen LogP contribution in [0.15, 0.2) is 23.3 Å². The van der Waals surface area contributed by atoms with Gasteiger partial charge in [0.2, 0.25) is 0 Å². The normalized spacial score (nSPS) is 26.1. The molecule has 2 heterocycles. The monoisotopic (exact) mass is 260 g/mol. The van der Waals surface area contributed by atoms with E-state index in [1.807, 2.05) is 11.6 Å². The molecule has 0 atom stereocenters. The molecule has 3 rings (SSSR count). The average molecular weight is 260 g/mol. The van der Waals surface area contributed by atoms with Crippen LogP contribution >= 0.6 is 0 Å². The van der Waals surface area contributed by atoms with Gasteiger partial charge in [0, 0.05) is 19.2 Å². The number of aromatic hydroxyl groups is 1. The molecular formula is C13H16N4O2. The number of aromatic nitrogens is 4. The van der Waals surface area contributed by atoms with Gasteiger partial charge < -0.3 is 9.67 Å². The van der Waals surface area contributed by atoms with Crippen molar-refractivity contribution in [3.05, 3.63) is 40.2 Å². The molecule has 2 aromatic rings. The topological polar surface area (TPSA) is 83.8 Å². The van der Waals surface area contributed by atoms with Crippen LogP contribution < -0.4 is 5.56 Å². The predicted octanol–water partition coefficient (Wildman–Crippen LogP) is 0.925. The molecule has 2 aromatic heterocycles. The lowest BCUT2D eigenvalue weighted by molar-refractivity contribution is 0.184. The van der Waals surface area contributed by atoms with E-state index in [4.69, 9.17) is 0 Å². The van der Waals surface area contributed by atoms with Gasteiger partial charge >= 0.3 is 0 Å². The zero-order valence-corrected chi connectivity index (χ0v) is 10.9. The fourth-order valence-electron chi connectivity index (χ4n) is 3.20. The van der Waals surface area contributed by atoms with Gasteiger partial charge in [0.1, 0.15) is 12.2 Å². The first-order valence-electron chi connectivity index (χ1n) is 6.29. The summed E-state index contributed by atoms with van der Waals surface area (Å²) in [6.07, 6.45) is 3.47. The van der Waals surface area contributed by atoms with E-state index in [-0.39, 0.29) is 16.9 Å². The minimum Gasteiger partial charge on any atom is -0.495 e. The first-order chi connectivity index (χ1) is 9.01. The van der Waals surface area contributed by atoms with Crippen LogP contribution in [0.1, 0.15) is 31.2 Å². The largest absolute Gasteiger partial charge is 0.495 e. The van der Waals surface area contributed by atoms with Crippen LogP contribution in [0.25, 0.3) is 0 Å². The Labute approximate surface area is 110 Å². The van der Waals surface area contributed by atoms with E-state index >= 15 is 0 Å². The summed E-state index contributed by atoms with van der Waals surface area (Å²) in [5.74, 6) is 1.30. The Morgan fingerprint density at radius 3 is 2.74 bits per heavy atom. The van der Waals surface area contributed by atoms with Crippen molar-refractivity contribution >= 4 is 0 Å². The summed E-state index contributed by atoms with van der Waals surface area (Å²) in [4.78, 5) is 13.9. The van der Waals surface area contributed by atoms with Crippen LogP contribution in [-0.2, 0) is 12.5 Å². The standard InChI is InChI=1S/C13H16N4O2/c1-8-5-13(6-8,12-16-14-7-17(12)2)9-3-10(18)15-11(19)4-9/h3-4,7-8H,5-6H2,1-2H3,(H2,15,18,19). The lowest BCUT2D eigenvalue weighted by Gasteiger charge is -2.45. The van der Waals surface area contributed by atoms with Crippen LogP contribution in [0.3, 0.4) is 0 Å². The van der Waals surface area contributed by atoms with Crippen LogP contribution in [0.4, 0.5) is 0 Å². The fourth-order valence-corrected chi connectivity index (χ4v) is 3.20. The maximum absolute atomic E-state index is 11.6. The minimum atomic E-state index is -0.309. The second-order valence-electron chi connectivity index (χ2n) is 5.48. The molecule has 2 N–H and O–H groups in total. The van der Waals surface area contributed by atoms with E-state index in [1.165, 1.54) is 0 Å². The van der Waals surface area contributed by atoms with Gasteiger partial charge in [-0.2, -0.15) is 0 Å². The molecule has 100 valence electrons. The quantitative estimate of drug-likeness (QED) is 0.841. The van der Waals surface area contributed by atoms with Crippen molar-refractivity contribution in [1.82, 2.24) is 19.7 Å². The number of nitrogens with one attached hydrogen (secondary N) is 1. The van der Waals surface area contributed by atoms with Gasteiger partial charge in [-0.05, 0) is 24.3 Å². The highest BCUT2D eigenvalue weighted by molar-refractivity contribution is 5.37. The van der Waals surface area contributed by atoms with Crippen molar-refractivity contribution in [2.75, 3.05) is 0 Å². The fraction of sp³-hybridized carbons (Fsp3) is 0.462. The van der Waals surface area contributed by atoms with Gasteiger partial charge in [-0.1, -0.05) is 6.92 Å². The van der Waals surface area contributed by atoms with E-state index in [0.717, 1.165) is 24.2 Å². The smallest absolute Gasteiger partial charge is 0.250 e. The van der Waals surface area contributed by atoms with E-state index in [2.05, 4.69) is 22.1 Å². The van der Waals surface area contributed by atoms with E-state index in [1.54, 1.807) is 18.5 Å². The van der Waals surface area contributed by atoms with Crippen molar-refractivity contribution in [3.8, 4) is 5.88 Å². The third-order valence-corrected chi connectivity index (χ3v) is 3.92. The van der Waals surface area contributed by atoms with Crippen LogP contribution in [-0.4, -0.2) is 24.9 Å². The van der Waals surface area contributed by atoms with Gasteiger partial charge in [0.15, 0.2) is 5.88 Å². The zero-order valence-electron chi connectivity index (χ0n) is 10.9. The molecule has 0 radical (unpaired) electrons. The Balaban J connectivity index is 2.17. The van der Waals surface area contributed by atoms with E-state index in [0.29, 0.717) is 5.92 Å². The Kier molecular flexibility index (Phi) is 2.48. The molecule has 0 saturated heterocycles. The molecule has 0 bridgehead atoms. The summed E-state index contributed by atoms with van der Waals surface area (Å²) >= 11 is 0. The van der Waals surface area contributed by atoms with E-state index < -0.39 is 0 Å². The molecule has 1 aliphatic rings. The zero-order chi connectivity index (χ0) is 13.6. The highest BCUT2D eigenvalue weighted by Crippen LogP contribution is 2.51. The molecule has 0 unspecified atom stereocenters. The number of H-pyrrole nitrogens is 1. The summed E-state index contributed by atoms with van der Waals surface area (Å²) in [5, 5.41) is 17.7. The minimum absolute atomic E-state index is 0.108. The maximum Gasteiger partial charge on any atom is 0.250 e. The maximum atomic E-state index is 11.6. The van der Waals surface area contributed by atoms with E-state index in [9.17, 15) is 9.90 Å². The summed E-state index contributed by atoms with van der Waals surface area (Å²) in [6, 6.07) is 3.16. The number of aromatic amines is 1. The van der Waals surface area contributed by atoms with Gasteiger partial charge in [0.25, 0.3) is 5.56 Å². The lowest BCUT2D eigenvalue weighted by atomic mass is 9.58. The molecule has 0 amide bonds. The number of hydrogen-bond acceptors (Lipinski definition) is 4. The molecule has 6 heteroatoms. The van der Waals surface area contributed by atoms with Gasteiger partial charge in [-0.15, -0.1) is 10.2 Å². The van der Waals surface area contributed by atoms with Crippen LogP contribution in [0, 0.1) is 5.92 Å². The highest BCUT2D eigenvalue weighted by atomic mass is 16.3. The molecule has 1 saturated carbocycles. The SMILES string of the molecule is CC1CC(c2cc(O)[nH]c(=O)c2)(c2nncn2C)C1. The summed E-state index contributed by atoms with van der Waals surface area (Å²) in [7, 11) is 1.90. The first kappa shape index (κ1) is 12.0. The number of nitrogens with zero attached hydrogens (tertiary/aromatic N) is 3. The Morgan fingerprint density at radius 2 is 2.21 bits per heavy atom. The molecular weight excluding hydrogens is 244 g/mol. The Morgan fingerprint density at radius 1 is 1.47 bits per heavy atom. The van der Waals surface area contributed by atoms with Gasteiger partial charge in [0.05, 0.1) is 5.41 Å². The summed E-state index contributed by atoms with van der Waals surface area (Å²) in [5.41, 5.74) is 0.204. The van der Waals surface area contributed by atoms with Crippen LogP contribution in [0.2, 0.25) is 0 Å². The first-order valence-corrected chi connectivity index (χ1v) is 6.29. The molecule has 1 aliphatic carbocycles. The molecule has 19 heavy (non-hydrogen) atoms. The van der Waals surface area contributed by atoms with Crippen molar-refractivity contribution in [2.45, 2.75) is 25.2 Å². The van der Waals surface area contributed by atoms with Crippen molar-refractivity contribution in [1.29, 1.82) is 0 Å². The number of hydrogen-bond donors (Lipinski definition) is 2. The summed E-state index contributed by atoms with van der Waals surface area (Å²) < 4.78 is 1.88. The number of pyridine rings is 1. The second-order valence-corrected chi connectivity index (χ2v) is 5.48. The van der Waals surface area contributed by atoms with Crippen molar-refractivity contribution in [2.24, 2.45) is 13.0 Å². The lowest BCUT2D eigenvalue weighted by Crippen LogP contribution is -2.43. The summed E-state index contributed by atoms with van der Waals surface area (Å²) in [6.45, 7) is 2.17. The average Bonchev–Trinajstić information content (AvgIpc) is 2.70. The molecule has 1 fully saturated rings. The van der Waals surface area contributed by atoms with Gasteiger partial charge in [-0.3, -0.25) is 9.78 Å². The third kappa shape index (κ3) is 1.75. The highest BCUT2D eigenvalue weighted by Gasteiger charge is 2.48. The Bertz CT molecular complexity index is 667. The number of rotatable bonds is 2. The number of aryl methyl sites for hydroxylation is 1. The molecule has 0 aromatic carbocycles.